The molecule has 0 radical (unpaired) electrons. The highest BCUT2D eigenvalue weighted by atomic mass is 32.1. The number of rotatable bonds is 7. The van der Waals surface area contributed by atoms with Gasteiger partial charge in [0.2, 0.25) is 0 Å². The van der Waals surface area contributed by atoms with E-state index in [-0.39, 0.29) is 11.5 Å². The van der Waals surface area contributed by atoms with Gasteiger partial charge in [-0.15, -0.1) is 11.3 Å². The van der Waals surface area contributed by atoms with E-state index in [1.807, 2.05) is 13.8 Å². The van der Waals surface area contributed by atoms with Crippen molar-refractivity contribution < 1.29 is 4.74 Å². The van der Waals surface area contributed by atoms with E-state index >= 15 is 0 Å². The molecule has 0 aliphatic heterocycles. The van der Waals surface area contributed by atoms with E-state index in [4.69, 9.17) is 15.7 Å². The zero-order chi connectivity index (χ0) is 16.2. The van der Waals surface area contributed by atoms with Crippen LogP contribution in [0.2, 0.25) is 0 Å². The first-order valence-corrected chi connectivity index (χ1v) is 7.85. The Hall–Kier alpha value is -1.45. The van der Waals surface area contributed by atoms with Gasteiger partial charge in [-0.1, -0.05) is 13.8 Å². The van der Waals surface area contributed by atoms with Crippen LogP contribution in [0.5, 0.6) is 5.75 Å². The third-order valence-corrected chi connectivity index (χ3v) is 3.88. The summed E-state index contributed by atoms with van der Waals surface area (Å²) in [7, 11) is 4.12. The van der Waals surface area contributed by atoms with Crippen molar-refractivity contribution in [1.29, 1.82) is 5.26 Å². The maximum Gasteiger partial charge on any atom is 0.178 e. The third kappa shape index (κ3) is 5.10. The van der Waals surface area contributed by atoms with E-state index in [2.05, 4.69) is 44.2 Å². The van der Waals surface area contributed by atoms with Gasteiger partial charge in [0.05, 0.1) is 6.10 Å². The van der Waals surface area contributed by atoms with Crippen molar-refractivity contribution in [3.63, 3.8) is 0 Å². The van der Waals surface area contributed by atoms with Crippen molar-refractivity contribution in [2.24, 2.45) is 5.41 Å². The zero-order valence-corrected chi connectivity index (χ0v) is 14.6. The molecule has 0 atom stereocenters. The Balaban J connectivity index is 2.90. The highest BCUT2D eigenvalue weighted by molar-refractivity contribution is 7.17. The van der Waals surface area contributed by atoms with Gasteiger partial charge in [0.1, 0.15) is 21.6 Å². The molecule has 0 aliphatic carbocycles. The van der Waals surface area contributed by atoms with Crippen molar-refractivity contribution >= 4 is 22.0 Å². The minimum atomic E-state index is 0.0174. The molecule has 0 aliphatic rings. The van der Waals surface area contributed by atoms with Crippen molar-refractivity contribution in [2.75, 3.05) is 38.2 Å². The van der Waals surface area contributed by atoms with E-state index in [9.17, 15) is 0 Å². The lowest BCUT2D eigenvalue weighted by molar-refractivity contribution is 0.243. The SMILES string of the molecule is CC(C)Oc1c(NCC(C)(C)CN(C)C)sc(C#N)c1N. The minimum absolute atomic E-state index is 0.0174. The number of thiophene rings is 1. The van der Waals surface area contributed by atoms with E-state index in [1.54, 1.807) is 0 Å². The molecule has 0 saturated heterocycles. The van der Waals surface area contributed by atoms with E-state index in [0.29, 0.717) is 16.3 Å². The number of hydrogen-bond donors (Lipinski definition) is 2. The van der Waals surface area contributed by atoms with Crippen molar-refractivity contribution in [2.45, 2.75) is 33.8 Å². The fourth-order valence-corrected chi connectivity index (χ4v) is 3.06. The van der Waals surface area contributed by atoms with Gasteiger partial charge in [-0.25, -0.2) is 0 Å². The largest absolute Gasteiger partial charge is 0.486 e. The standard InChI is InChI=1S/C15H26N4OS/c1-10(2)20-13-12(17)11(7-16)21-14(13)18-8-15(3,4)9-19(5)6/h10,18H,8-9,17H2,1-6H3. The molecule has 5 nitrogen and oxygen atoms in total. The van der Waals surface area contributed by atoms with Gasteiger partial charge in [-0.2, -0.15) is 5.26 Å². The van der Waals surface area contributed by atoms with Gasteiger partial charge in [0, 0.05) is 13.1 Å². The molecule has 0 saturated carbocycles. The summed E-state index contributed by atoms with van der Waals surface area (Å²) in [4.78, 5) is 2.66. The molecule has 1 aromatic heterocycles. The second-order valence-corrected chi connectivity index (χ2v) is 7.56. The summed E-state index contributed by atoms with van der Waals surface area (Å²) in [5.41, 5.74) is 6.53. The second kappa shape index (κ2) is 7.01. The number of nitrogens with zero attached hydrogens (tertiary/aromatic N) is 2. The molecule has 6 heteroatoms. The fraction of sp³-hybridized carbons (Fsp3) is 0.667. The summed E-state index contributed by atoms with van der Waals surface area (Å²) >= 11 is 1.35. The Labute approximate surface area is 131 Å². The first kappa shape index (κ1) is 17.6. The van der Waals surface area contributed by atoms with E-state index < -0.39 is 0 Å². The molecule has 0 aromatic carbocycles. The molecule has 0 fully saturated rings. The van der Waals surface area contributed by atoms with Crippen LogP contribution in [-0.2, 0) is 0 Å². The van der Waals surface area contributed by atoms with Crippen LogP contribution >= 0.6 is 11.3 Å². The molecular formula is C15H26N4OS. The summed E-state index contributed by atoms with van der Waals surface area (Å²) in [6.45, 7) is 10.0. The molecule has 0 bridgehead atoms. The summed E-state index contributed by atoms with van der Waals surface area (Å²) in [5, 5.41) is 13.4. The van der Waals surface area contributed by atoms with Gasteiger partial charge in [0.25, 0.3) is 0 Å². The predicted octanol–water partition coefficient (Wildman–Crippen LogP) is 2.99. The quantitative estimate of drug-likeness (QED) is 0.810. The Morgan fingerprint density at radius 2 is 2.05 bits per heavy atom. The number of nitrogen functional groups attached to an aromatic ring is 1. The molecule has 1 rings (SSSR count). The topological polar surface area (TPSA) is 74.3 Å². The first-order valence-electron chi connectivity index (χ1n) is 7.04. The number of anilines is 2. The van der Waals surface area contributed by atoms with Crippen molar-refractivity contribution in [3.05, 3.63) is 4.88 Å². The van der Waals surface area contributed by atoms with E-state index in [1.165, 1.54) is 11.3 Å². The number of hydrogen-bond acceptors (Lipinski definition) is 6. The smallest absolute Gasteiger partial charge is 0.178 e. The normalized spacial score (nSPS) is 11.8. The van der Waals surface area contributed by atoms with Crippen LogP contribution in [0.4, 0.5) is 10.7 Å². The lowest BCUT2D eigenvalue weighted by atomic mass is 9.93. The minimum Gasteiger partial charge on any atom is -0.486 e. The molecule has 1 aromatic rings. The molecule has 0 unspecified atom stereocenters. The Morgan fingerprint density at radius 3 is 2.52 bits per heavy atom. The Kier molecular flexibility index (Phi) is 5.87. The highest BCUT2D eigenvalue weighted by Crippen LogP contribution is 2.43. The number of nitriles is 1. The van der Waals surface area contributed by atoms with Crippen molar-refractivity contribution in [1.82, 2.24) is 4.90 Å². The van der Waals surface area contributed by atoms with Gasteiger partial charge in [-0.3, -0.25) is 0 Å². The monoisotopic (exact) mass is 310 g/mol. The molecular weight excluding hydrogens is 284 g/mol. The summed E-state index contributed by atoms with van der Waals surface area (Å²) in [5.74, 6) is 0.604. The first-order chi connectivity index (χ1) is 9.66. The summed E-state index contributed by atoms with van der Waals surface area (Å²) in [6, 6.07) is 2.12. The maximum absolute atomic E-state index is 9.13. The van der Waals surface area contributed by atoms with Crippen LogP contribution in [0.1, 0.15) is 32.6 Å². The highest BCUT2D eigenvalue weighted by Gasteiger charge is 2.23. The van der Waals surface area contributed by atoms with Crippen LogP contribution in [-0.4, -0.2) is 38.2 Å². The summed E-state index contributed by atoms with van der Waals surface area (Å²) in [6.07, 6.45) is 0.0174. The molecule has 0 spiro atoms. The Morgan fingerprint density at radius 1 is 1.43 bits per heavy atom. The van der Waals surface area contributed by atoms with Crippen LogP contribution in [0.15, 0.2) is 0 Å². The molecule has 118 valence electrons. The maximum atomic E-state index is 9.13. The zero-order valence-electron chi connectivity index (χ0n) is 13.8. The lowest BCUT2D eigenvalue weighted by Gasteiger charge is -2.28. The third-order valence-electron chi connectivity index (χ3n) is 2.83. The second-order valence-electron chi connectivity index (χ2n) is 6.54. The summed E-state index contributed by atoms with van der Waals surface area (Å²) < 4.78 is 5.77. The number of nitrogens with two attached hydrogens (primary N) is 1. The Bertz CT molecular complexity index is 514. The van der Waals surface area contributed by atoms with Gasteiger partial charge < -0.3 is 20.7 Å². The predicted molar refractivity (Wildman–Crippen MR) is 90.0 cm³/mol. The van der Waals surface area contributed by atoms with Crippen LogP contribution in [0.3, 0.4) is 0 Å². The van der Waals surface area contributed by atoms with E-state index in [0.717, 1.165) is 18.1 Å². The van der Waals surface area contributed by atoms with Crippen LogP contribution in [0.25, 0.3) is 0 Å². The van der Waals surface area contributed by atoms with Crippen LogP contribution in [0, 0.1) is 16.7 Å². The fourth-order valence-electron chi connectivity index (χ4n) is 2.21. The number of nitrogens with one attached hydrogen (secondary N) is 1. The van der Waals surface area contributed by atoms with Crippen molar-refractivity contribution in [3.8, 4) is 11.8 Å². The molecule has 21 heavy (non-hydrogen) atoms. The molecule has 1 heterocycles. The number of ether oxygens (including phenoxy) is 1. The lowest BCUT2D eigenvalue weighted by Crippen LogP contribution is -2.34. The molecule has 3 N–H and O–H groups in total. The van der Waals surface area contributed by atoms with Gasteiger partial charge >= 0.3 is 0 Å². The average molecular weight is 310 g/mol. The molecule has 0 amide bonds. The van der Waals surface area contributed by atoms with Crippen LogP contribution < -0.4 is 15.8 Å². The van der Waals surface area contributed by atoms with Gasteiger partial charge in [-0.05, 0) is 33.4 Å². The average Bonchev–Trinajstić information content (AvgIpc) is 2.62. The van der Waals surface area contributed by atoms with Gasteiger partial charge in [0.15, 0.2) is 5.75 Å².